The van der Waals surface area contributed by atoms with Crippen LogP contribution in [0.3, 0.4) is 0 Å². The lowest BCUT2D eigenvalue weighted by atomic mass is 9.95. The Balaban J connectivity index is 1.31. The molecule has 2 aliphatic heterocycles. The molecule has 1 aliphatic carbocycles. The van der Waals surface area contributed by atoms with E-state index in [2.05, 4.69) is 4.90 Å². The van der Waals surface area contributed by atoms with Gasteiger partial charge in [0.1, 0.15) is 23.3 Å². The molecule has 7 heteroatoms. The number of esters is 1. The number of nitrogens with zero attached hydrogens (tertiary/aromatic N) is 1. The molecule has 2 aromatic carbocycles. The Morgan fingerprint density at radius 1 is 1.00 bits per heavy atom. The zero-order valence-corrected chi connectivity index (χ0v) is 22.0. The number of ether oxygens (including phenoxy) is 2. The highest BCUT2D eigenvalue weighted by Gasteiger charge is 2.42. The number of carbonyl (C=O) groups excluding carboxylic acids is 1. The van der Waals surface area contributed by atoms with E-state index in [4.69, 9.17) is 32.7 Å². The largest absolute Gasteiger partial charge is 0.490 e. The Morgan fingerprint density at radius 2 is 1.63 bits per heavy atom. The van der Waals surface area contributed by atoms with Gasteiger partial charge in [0, 0.05) is 28.7 Å². The Labute approximate surface area is 216 Å². The fourth-order valence-electron chi connectivity index (χ4n) is 5.60. The van der Waals surface area contributed by atoms with Crippen LogP contribution in [0.2, 0.25) is 10.0 Å². The predicted octanol–water partition coefficient (Wildman–Crippen LogP) is 7.54. The molecule has 0 unspecified atom stereocenters. The average Bonchev–Trinajstić information content (AvgIpc) is 3.53. The van der Waals surface area contributed by atoms with Gasteiger partial charge < -0.3 is 9.47 Å². The molecule has 1 saturated carbocycles. The summed E-state index contributed by atoms with van der Waals surface area (Å²) in [4.78, 5) is 15.1. The van der Waals surface area contributed by atoms with Gasteiger partial charge in [-0.25, -0.2) is 9.18 Å². The summed E-state index contributed by atoms with van der Waals surface area (Å²) in [5.41, 5.74) is 1.47. The Kier molecular flexibility index (Phi) is 6.80. The van der Waals surface area contributed by atoms with Crippen molar-refractivity contribution >= 4 is 29.2 Å². The molecule has 0 aromatic heterocycles. The minimum absolute atomic E-state index is 0.0424. The van der Waals surface area contributed by atoms with Crippen molar-refractivity contribution in [3.8, 4) is 5.75 Å². The van der Waals surface area contributed by atoms with E-state index < -0.39 is 17.4 Å². The molecule has 35 heavy (non-hydrogen) atoms. The Morgan fingerprint density at radius 3 is 2.20 bits per heavy atom. The van der Waals surface area contributed by atoms with Gasteiger partial charge in [0.2, 0.25) is 0 Å². The smallest absolute Gasteiger partial charge is 0.341 e. The first kappa shape index (κ1) is 24.9. The van der Waals surface area contributed by atoms with Crippen molar-refractivity contribution in [1.29, 1.82) is 0 Å². The van der Waals surface area contributed by atoms with Crippen LogP contribution < -0.4 is 4.74 Å². The third kappa shape index (κ3) is 5.79. The third-order valence-corrected chi connectivity index (χ3v) is 7.63. The number of carbonyl (C=O) groups is 1. The summed E-state index contributed by atoms with van der Waals surface area (Å²) in [5, 5.41) is 1.13. The zero-order chi connectivity index (χ0) is 24.9. The number of hydrogen-bond donors (Lipinski definition) is 0. The number of halogens is 3. The minimum atomic E-state index is -0.663. The lowest BCUT2D eigenvalue weighted by molar-refractivity contribution is 0.00642. The summed E-state index contributed by atoms with van der Waals surface area (Å²) in [6, 6.07) is 9.40. The summed E-state index contributed by atoms with van der Waals surface area (Å²) in [6.07, 6.45) is 6.31. The summed E-state index contributed by atoms with van der Waals surface area (Å²) in [5.74, 6) is 0.0127. The SMILES string of the molecule is CC(C)(C)OC(=O)c1cc(C2CC2)c(CN2[C@@H]3CC[C@H]2C[C@H](Oc2cc(Cl)cc(Cl)c2)C3)cc1F. The summed E-state index contributed by atoms with van der Waals surface area (Å²) >= 11 is 12.3. The van der Waals surface area contributed by atoms with Gasteiger partial charge in [0.25, 0.3) is 0 Å². The Hall–Kier alpha value is -1.82. The first-order valence-electron chi connectivity index (χ1n) is 12.5. The predicted molar refractivity (Wildman–Crippen MR) is 136 cm³/mol. The highest BCUT2D eigenvalue weighted by Crippen LogP contribution is 2.45. The first-order chi connectivity index (χ1) is 16.6. The van der Waals surface area contributed by atoms with E-state index in [1.165, 1.54) is 0 Å². The van der Waals surface area contributed by atoms with Crippen molar-refractivity contribution in [2.45, 2.75) is 95.5 Å². The molecular formula is C28H32Cl2FNO3. The maximum Gasteiger partial charge on any atom is 0.341 e. The molecular weight excluding hydrogens is 488 g/mol. The second-order valence-corrected chi connectivity index (χ2v) is 12.1. The van der Waals surface area contributed by atoms with Gasteiger partial charge in [0.15, 0.2) is 0 Å². The highest BCUT2D eigenvalue weighted by molar-refractivity contribution is 6.34. The first-order valence-corrected chi connectivity index (χ1v) is 13.3. The van der Waals surface area contributed by atoms with E-state index in [0.717, 1.165) is 49.7 Å². The van der Waals surface area contributed by atoms with E-state index in [9.17, 15) is 4.79 Å². The van der Waals surface area contributed by atoms with Gasteiger partial charge in [-0.15, -0.1) is 0 Å². The van der Waals surface area contributed by atoms with Crippen molar-refractivity contribution in [3.63, 3.8) is 0 Å². The summed E-state index contributed by atoms with van der Waals surface area (Å²) in [6.45, 7) is 6.08. The molecule has 3 aliphatic rings. The third-order valence-electron chi connectivity index (χ3n) is 7.20. The van der Waals surface area contributed by atoms with Crippen LogP contribution >= 0.6 is 23.2 Å². The van der Waals surface area contributed by atoms with Crippen LogP contribution in [0.5, 0.6) is 5.75 Å². The van der Waals surface area contributed by atoms with Crippen molar-refractivity contribution in [3.05, 3.63) is 62.9 Å². The second-order valence-electron chi connectivity index (χ2n) is 11.2. The highest BCUT2D eigenvalue weighted by atomic mass is 35.5. The summed E-state index contributed by atoms with van der Waals surface area (Å²) < 4.78 is 26.8. The molecule has 188 valence electrons. The lowest BCUT2D eigenvalue weighted by Crippen LogP contribution is -2.45. The van der Waals surface area contributed by atoms with Crippen molar-refractivity contribution < 1.29 is 18.7 Å². The van der Waals surface area contributed by atoms with Gasteiger partial charge in [0.05, 0.1) is 5.56 Å². The molecule has 2 heterocycles. The maximum absolute atomic E-state index is 15.1. The van der Waals surface area contributed by atoms with Crippen LogP contribution in [0.25, 0.3) is 0 Å². The van der Waals surface area contributed by atoms with E-state index in [0.29, 0.717) is 40.3 Å². The van der Waals surface area contributed by atoms with Crippen molar-refractivity contribution in [1.82, 2.24) is 4.90 Å². The van der Waals surface area contributed by atoms with Gasteiger partial charge >= 0.3 is 5.97 Å². The molecule has 2 bridgehead atoms. The minimum Gasteiger partial charge on any atom is -0.490 e. The second kappa shape index (κ2) is 9.57. The quantitative estimate of drug-likeness (QED) is 0.369. The van der Waals surface area contributed by atoms with Crippen molar-refractivity contribution in [2.24, 2.45) is 0 Å². The maximum atomic E-state index is 15.1. The van der Waals surface area contributed by atoms with Gasteiger partial charge in [-0.2, -0.15) is 0 Å². The molecule has 4 nitrogen and oxygen atoms in total. The van der Waals surface area contributed by atoms with Crippen LogP contribution in [0, 0.1) is 5.82 Å². The molecule has 2 aromatic rings. The number of fused-ring (bicyclic) bond motifs is 2. The van der Waals surface area contributed by atoms with Crippen LogP contribution in [0.4, 0.5) is 4.39 Å². The monoisotopic (exact) mass is 519 g/mol. The molecule has 0 spiro atoms. The van der Waals surface area contributed by atoms with Crippen molar-refractivity contribution in [2.75, 3.05) is 0 Å². The molecule has 3 fully saturated rings. The van der Waals surface area contributed by atoms with E-state index in [1.807, 2.05) is 0 Å². The molecule has 0 radical (unpaired) electrons. The topological polar surface area (TPSA) is 38.8 Å². The molecule has 0 amide bonds. The van der Waals surface area contributed by atoms with Crippen LogP contribution in [-0.4, -0.2) is 34.7 Å². The fourth-order valence-corrected chi connectivity index (χ4v) is 6.10. The molecule has 5 rings (SSSR count). The average molecular weight is 520 g/mol. The van der Waals surface area contributed by atoms with Gasteiger partial charge in [-0.1, -0.05) is 23.2 Å². The van der Waals surface area contributed by atoms with Crippen LogP contribution in [0.1, 0.15) is 86.7 Å². The van der Waals surface area contributed by atoms with Crippen LogP contribution in [0.15, 0.2) is 30.3 Å². The molecule has 0 N–H and O–H groups in total. The summed E-state index contributed by atoms with van der Waals surface area (Å²) in [7, 11) is 0. The van der Waals surface area contributed by atoms with Gasteiger partial charge in [-0.3, -0.25) is 4.90 Å². The number of piperidine rings is 1. The molecule has 2 saturated heterocycles. The van der Waals surface area contributed by atoms with E-state index in [1.54, 1.807) is 51.1 Å². The number of benzene rings is 2. The van der Waals surface area contributed by atoms with E-state index in [-0.39, 0.29) is 11.7 Å². The lowest BCUT2D eigenvalue weighted by Gasteiger charge is -2.39. The van der Waals surface area contributed by atoms with E-state index >= 15 is 4.39 Å². The van der Waals surface area contributed by atoms with Gasteiger partial charge in [-0.05, 0) is 107 Å². The normalized spacial score (nSPS) is 24.5. The number of rotatable bonds is 6. The molecule has 3 atom stereocenters. The fraction of sp³-hybridized carbons (Fsp3) is 0.536. The zero-order valence-electron chi connectivity index (χ0n) is 20.5. The number of hydrogen-bond acceptors (Lipinski definition) is 4. The standard InChI is InChI=1S/C28H32Cl2FNO3/c1-28(2,3)35-27(33)25-14-24(16-4-5-16)17(8-26(25)31)15-32-20-6-7-21(32)13-23(12-20)34-22-10-18(29)9-19(30)11-22/h8-11,14,16,20-21,23H,4-7,12-13,15H2,1-3H3/t20-,21+,23-. The van der Waals surface area contributed by atoms with Crippen LogP contribution in [-0.2, 0) is 11.3 Å². The Bertz CT molecular complexity index is 1090.